The van der Waals surface area contributed by atoms with E-state index >= 15 is 0 Å². The van der Waals surface area contributed by atoms with Crippen molar-refractivity contribution in [3.05, 3.63) is 65.7 Å². The molecule has 5 nitrogen and oxygen atoms in total. The van der Waals surface area contributed by atoms with Gasteiger partial charge in [-0.1, -0.05) is 42.5 Å². The molecule has 0 aromatic heterocycles. The number of nitrogens with two attached hydrogens (primary N) is 2. The first-order valence-electron chi connectivity index (χ1n) is 8.62. The van der Waals surface area contributed by atoms with Crippen molar-refractivity contribution in [2.24, 2.45) is 11.5 Å². The van der Waals surface area contributed by atoms with E-state index in [1.54, 1.807) is 0 Å². The maximum Gasteiger partial charge on any atom is 0.234 e. The Balaban J connectivity index is 1.90. The minimum atomic E-state index is -0.368. The topological polar surface area (TPSA) is 90.4 Å². The Morgan fingerprint density at radius 3 is 2.40 bits per heavy atom. The van der Waals surface area contributed by atoms with Gasteiger partial charge in [0, 0.05) is 6.04 Å². The molecule has 0 radical (unpaired) electrons. The van der Waals surface area contributed by atoms with E-state index < -0.39 is 0 Å². The van der Waals surface area contributed by atoms with E-state index in [0.29, 0.717) is 19.6 Å². The molecule has 2 aromatic carbocycles. The summed E-state index contributed by atoms with van der Waals surface area (Å²) in [6.45, 7) is 3.10. The van der Waals surface area contributed by atoms with Gasteiger partial charge in [0.2, 0.25) is 5.91 Å². The summed E-state index contributed by atoms with van der Waals surface area (Å²) in [4.78, 5) is 11.5. The van der Waals surface area contributed by atoms with Gasteiger partial charge < -0.3 is 16.2 Å². The van der Waals surface area contributed by atoms with Crippen molar-refractivity contribution in [1.82, 2.24) is 5.32 Å². The van der Waals surface area contributed by atoms with Crippen LogP contribution in [-0.4, -0.2) is 18.5 Å². The highest BCUT2D eigenvalue weighted by Crippen LogP contribution is 2.19. The van der Waals surface area contributed by atoms with Crippen LogP contribution < -0.4 is 21.5 Å². The van der Waals surface area contributed by atoms with Crippen LogP contribution in [0.25, 0.3) is 0 Å². The summed E-state index contributed by atoms with van der Waals surface area (Å²) in [6.07, 6.45) is 1.41. The molecule has 0 heterocycles. The normalized spacial score (nSPS) is 13.2. The van der Waals surface area contributed by atoms with Crippen molar-refractivity contribution < 1.29 is 9.53 Å². The predicted molar refractivity (Wildman–Crippen MR) is 100 cm³/mol. The smallest absolute Gasteiger partial charge is 0.234 e. The SMILES string of the molecule is CC(NC(CCCN)C(N)=O)c1ccc(OCc2ccccc2)cc1. The maximum atomic E-state index is 11.5. The number of carbonyl (C=O) groups is 1. The van der Waals surface area contributed by atoms with Gasteiger partial charge in [-0.15, -0.1) is 0 Å². The molecule has 2 aromatic rings. The van der Waals surface area contributed by atoms with Gasteiger partial charge in [-0.3, -0.25) is 10.1 Å². The molecule has 25 heavy (non-hydrogen) atoms. The van der Waals surface area contributed by atoms with E-state index in [0.717, 1.165) is 23.3 Å². The minimum Gasteiger partial charge on any atom is -0.489 e. The highest BCUT2D eigenvalue weighted by Gasteiger charge is 2.17. The molecule has 0 saturated heterocycles. The number of hydrogen-bond acceptors (Lipinski definition) is 4. The Morgan fingerprint density at radius 1 is 1.12 bits per heavy atom. The molecule has 5 N–H and O–H groups in total. The zero-order valence-electron chi connectivity index (χ0n) is 14.7. The van der Waals surface area contributed by atoms with Crippen molar-refractivity contribution in [3.8, 4) is 5.75 Å². The van der Waals surface area contributed by atoms with Gasteiger partial charge in [0.05, 0.1) is 6.04 Å². The fourth-order valence-corrected chi connectivity index (χ4v) is 2.62. The zero-order chi connectivity index (χ0) is 18.1. The van der Waals surface area contributed by atoms with E-state index in [9.17, 15) is 4.79 Å². The summed E-state index contributed by atoms with van der Waals surface area (Å²) < 4.78 is 5.79. The third-order valence-corrected chi connectivity index (χ3v) is 4.12. The second-order valence-electron chi connectivity index (χ2n) is 6.12. The Bertz CT molecular complexity index is 644. The van der Waals surface area contributed by atoms with Gasteiger partial charge in [-0.05, 0) is 49.6 Å². The van der Waals surface area contributed by atoms with Gasteiger partial charge >= 0.3 is 0 Å². The van der Waals surface area contributed by atoms with Gasteiger partial charge in [0.1, 0.15) is 12.4 Å². The summed E-state index contributed by atoms with van der Waals surface area (Å²) in [6, 6.07) is 17.6. The molecule has 134 valence electrons. The molecular weight excluding hydrogens is 314 g/mol. The predicted octanol–water partition coefficient (Wildman–Crippen LogP) is 2.51. The molecule has 0 aliphatic carbocycles. The lowest BCUT2D eigenvalue weighted by Crippen LogP contribution is -2.42. The van der Waals surface area contributed by atoms with E-state index in [1.807, 2.05) is 61.5 Å². The molecule has 0 fully saturated rings. The number of primary amides is 1. The molecule has 0 aliphatic rings. The Hall–Kier alpha value is -2.37. The average molecular weight is 341 g/mol. The molecule has 2 unspecified atom stereocenters. The second kappa shape index (κ2) is 9.81. The highest BCUT2D eigenvalue weighted by molar-refractivity contribution is 5.79. The number of benzene rings is 2. The Labute approximate surface area is 149 Å². The number of ether oxygens (including phenoxy) is 1. The number of carbonyl (C=O) groups excluding carboxylic acids is 1. The van der Waals surface area contributed by atoms with E-state index in [2.05, 4.69) is 5.32 Å². The van der Waals surface area contributed by atoms with E-state index in [4.69, 9.17) is 16.2 Å². The minimum absolute atomic E-state index is 0.0125. The zero-order valence-corrected chi connectivity index (χ0v) is 14.7. The average Bonchev–Trinajstić information content (AvgIpc) is 2.64. The third kappa shape index (κ3) is 6.21. The van der Waals surface area contributed by atoms with Crippen LogP contribution in [0.15, 0.2) is 54.6 Å². The summed E-state index contributed by atoms with van der Waals surface area (Å²) >= 11 is 0. The molecule has 1 amide bonds. The van der Waals surface area contributed by atoms with E-state index in [1.165, 1.54) is 0 Å². The van der Waals surface area contributed by atoms with Gasteiger partial charge in [-0.25, -0.2) is 0 Å². The van der Waals surface area contributed by atoms with Crippen LogP contribution in [-0.2, 0) is 11.4 Å². The van der Waals surface area contributed by atoms with Crippen LogP contribution in [0.3, 0.4) is 0 Å². The molecule has 0 spiro atoms. The number of hydrogen-bond donors (Lipinski definition) is 3. The van der Waals surface area contributed by atoms with Crippen molar-refractivity contribution in [2.75, 3.05) is 6.54 Å². The molecule has 0 aliphatic heterocycles. The van der Waals surface area contributed by atoms with Crippen LogP contribution >= 0.6 is 0 Å². The lowest BCUT2D eigenvalue weighted by atomic mass is 10.0. The lowest BCUT2D eigenvalue weighted by molar-refractivity contribution is -0.120. The molecule has 5 heteroatoms. The quantitative estimate of drug-likeness (QED) is 0.619. The second-order valence-corrected chi connectivity index (χ2v) is 6.12. The largest absolute Gasteiger partial charge is 0.489 e. The van der Waals surface area contributed by atoms with Gasteiger partial charge in [-0.2, -0.15) is 0 Å². The lowest BCUT2D eigenvalue weighted by Gasteiger charge is -2.21. The number of amides is 1. The first-order valence-corrected chi connectivity index (χ1v) is 8.62. The van der Waals surface area contributed by atoms with Crippen molar-refractivity contribution in [1.29, 1.82) is 0 Å². The highest BCUT2D eigenvalue weighted by atomic mass is 16.5. The first-order chi connectivity index (χ1) is 12.1. The monoisotopic (exact) mass is 341 g/mol. The van der Waals surface area contributed by atoms with Crippen LogP contribution in [0.1, 0.15) is 36.9 Å². The summed E-state index contributed by atoms with van der Waals surface area (Å²) in [7, 11) is 0. The first kappa shape index (κ1) is 19.0. The third-order valence-electron chi connectivity index (χ3n) is 4.12. The Kier molecular flexibility index (Phi) is 7.44. The van der Waals surface area contributed by atoms with Crippen LogP contribution in [0.5, 0.6) is 5.75 Å². The summed E-state index contributed by atoms with van der Waals surface area (Å²) in [5.74, 6) is 0.470. The Morgan fingerprint density at radius 2 is 1.80 bits per heavy atom. The number of rotatable bonds is 10. The standard InChI is InChI=1S/C20H27N3O2/c1-15(23-19(20(22)24)8-5-13-21)17-9-11-18(12-10-17)25-14-16-6-3-2-4-7-16/h2-4,6-7,9-12,15,19,23H,5,8,13-14,21H2,1H3,(H2,22,24). The fraction of sp³-hybridized carbons (Fsp3) is 0.350. The van der Waals surface area contributed by atoms with Crippen LogP contribution in [0.2, 0.25) is 0 Å². The molecular formula is C20H27N3O2. The maximum absolute atomic E-state index is 11.5. The van der Waals surface area contributed by atoms with Crippen molar-refractivity contribution in [3.63, 3.8) is 0 Å². The number of nitrogens with one attached hydrogen (secondary N) is 1. The molecule has 0 saturated carbocycles. The van der Waals surface area contributed by atoms with Gasteiger partial charge in [0.15, 0.2) is 0 Å². The molecule has 0 bridgehead atoms. The van der Waals surface area contributed by atoms with Crippen LogP contribution in [0.4, 0.5) is 0 Å². The van der Waals surface area contributed by atoms with Crippen molar-refractivity contribution in [2.45, 2.75) is 38.5 Å². The summed E-state index contributed by atoms with van der Waals surface area (Å²) in [5, 5.41) is 3.27. The fourth-order valence-electron chi connectivity index (χ4n) is 2.62. The summed E-state index contributed by atoms with van der Waals surface area (Å²) in [5.41, 5.74) is 13.2. The van der Waals surface area contributed by atoms with Gasteiger partial charge in [0.25, 0.3) is 0 Å². The van der Waals surface area contributed by atoms with E-state index in [-0.39, 0.29) is 18.0 Å². The van der Waals surface area contributed by atoms with Crippen LogP contribution in [0, 0.1) is 0 Å². The molecule has 2 rings (SSSR count). The molecule has 2 atom stereocenters. The van der Waals surface area contributed by atoms with Crippen molar-refractivity contribution >= 4 is 5.91 Å².